The maximum absolute atomic E-state index is 12.8. The third kappa shape index (κ3) is 3.59. The second kappa shape index (κ2) is 6.82. The Labute approximate surface area is 182 Å². The molecule has 0 fully saturated rings. The highest BCUT2D eigenvalue weighted by molar-refractivity contribution is 7.24. The molecule has 0 saturated heterocycles. The van der Waals surface area contributed by atoms with Gasteiger partial charge in [0.2, 0.25) is 0 Å². The van der Waals surface area contributed by atoms with Gasteiger partial charge in [0.15, 0.2) is 0 Å². The van der Waals surface area contributed by atoms with Gasteiger partial charge in [-0.05, 0) is 51.6 Å². The van der Waals surface area contributed by atoms with E-state index in [4.69, 9.17) is 0 Å². The summed E-state index contributed by atoms with van der Waals surface area (Å²) in [7, 11) is 0. The van der Waals surface area contributed by atoms with E-state index >= 15 is 0 Å². The number of rotatable bonds is 2. The van der Waals surface area contributed by atoms with Crippen LogP contribution < -0.4 is 0 Å². The van der Waals surface area contributed by atoms with Crippen molar-refractivity contribution >= 4 is 37.2 Å². The Morgan fingerprint density at radius 3 is 2.48 bits per heavy atom. The molecule has 0 spiro atoms. The van der Waals surface area contributed by atoms with Crippen molar-refractivity contribution in [2.45, 2.75) is 38.8 Å². The average Bonchev–Trinajstić information content (AvgIpc) is 3.23. The summed E-state index contributed by atoms with van der Waals surface area (Å²) >= 11 is 1.46. The van der Waals surface area contributed by atoms with E-state index < -0.39 is 12.6 Å². The van der Waals surface area contributed by atoms with Gasteiger partial charge in [0.1, 0.15) is 10.7 Å². The maximum Gasteiger partial charge on any atom is 0.393 e. The van der Waals surface area contributed by atoms with Gasteiger partial charge in [-0.1, -0.05) is 51.1 Å². The molecule has 2 nitrogen and oxygen atoms in total. The van der Waals surface area contributed by atoms with Crippen LogP contribution in [0.25, 0.3) is 37.2 Å². The summed E-state index contributed by atoms with van der Waals surface area (Å²) in [5.41, 5.74) is 3.35. The standard InChI is InChI=1S/C25H21F3N2S/c1-24(2,3)19-12-17(11-16-6-4-5-7-18(16)19)23-29-14-22-30(23)20-9-8-15(10-21(20)31-22)13-25(26,27)28/h4-12,14H,13H2,1-3H3. The van der Waals surface area contributed by atoms with Crippen LogP contribution in [-0.4, -0.2) is 15.6 Å². The number of benzene rings is 3. The maximum atomic E-state index is 12.8. The van der Waals surface area contributed by atoms with E-state index in [0.29, 0.717) is 0 Å². The largest absolute Gasteiger partial charge is 0.393 e. The molecule has 0 aliphatic heterocycles. The van der Waals surface area contributed by atoms with Crippen LogP contribution >= 0.6 is 11.3 Å². The molecule has 3 aromatic carbocycles. The molecule has 6 heteroatoms. The average molecular weight is 439 g/mol. The van der Waals surface area contributed by atoms with Gasteiger partial charge in [0.05, 0.1) is 22.8 Å². The monoisotopic (exact) mass is 438 g/mol. The molecule has 5 rings (SSSR count). The van der Waals surface area contributed by atoms with Gasteiger partial charge in [-0.3, -0.25) is 4.40 Å². The zero-order valence-electron chi connectivity index (χ0n) is 17.4. The molecule has 0 saturated carbocycles. The van der Waals surface area contributed by atoms with E-state index in [1.165, 1.54) is 22.3 Å². The fourth-order valence-corrected chi connectivity index (χ4v) is 5.26. The van der Waals surface area contributed by atoms with E-state index in [0.717, 1.165) is 31.8 Å². The molecule has 5 aromatic rings. The Bertz CT molecular complexity index is 1430. The fraction of sp³-hybridized carbons (Fsp3) is 0.240. The summed E-state index contributed by atoms with van der Waals surface area (Å²) in [6.45, 7) is 6.59. The number of alkyl halides is 3. The summed E-state index contributed by atoms with van der Waals surface area (Å²) in [5, 5.41) is 2.37. The second-order valence-corrected chi connectivity index (χ2v) is 10.0. The number of imidazole rings is 1. The Morgan fingerprint density at radius 1 is 0.968 bits per heavy atom. The Balaban J connectivity index is 1.72. The number of thiazole rings is 1. The number of hydrogen-bond acceptors (Lipinski definition) is 2. The quantitative estimate of drug-likeness (QED) is 0.275. The molecule has 0 N–H and O–H groups in total. The molecule has 31 heavy (non-hydrogen) atoms. The van der Waals surface area contributed by atoms with E-state index in [-0.39, 0.29) is 11.0 Å². The Kier molecular flexibility index (Phi) is 4.42. The summed E-state index contributed by atoms with van der Waals surface area (Å²) in [6, 6.07) is 17.6. The Morgan fingerprint density at radius 2 is 1.74 bits per heavy atom. The molecular weight excluding hydrogens is 417 g/mol. The molecule has 0 bridgehead atoms. The summed E-state index contributed by atoms with van der Waals surface area (Å²) in [4.78, 5) is 5.60. The van der Waals surface area contributed by atoms with Crippen molar-refractivity contribution in [3.63, 3.8) is 0 Å². The highest BCUT2D eigenvalue weighted by Gasteiger charge is 2.28. The van der Waals surface area contributed by atoms with Gasteiger partial charge in [-0.15, -0.1) is 11.3 Å². The highest BCUT2D eigenvalue weighted by atomic mass is 32.1. The van der Waals surface area contributed by atoms with Crippen molar-refractivity contribution in [3.8, 4) is 11.4 Å². The molecule has 0 atom stereocenters. The van der Waals surface area contributed by atoms with Crippen LogP contribution in [0.3, 0.4) is 0 Å². The zero-order valence-corrected chi connectivity index (χ0v) is 18.2. The minimum Gasteiger partial charge on any atom is -0.283 e. The molecule has 0 unspecified atom stereocenters. The predicted octanol–water partition coefficient (Wildman–Crippen LogP) is 7.77. The first-order chi connectivity index (χ1) is 14.6. The first-order valence-corrected chi connectivity index (χ1v) is 10.9. The van der Waals surface area contributed by atoms with Crippen LogP contribution in [0, 0.1) is 0 Å². The first kappa shape index (κ1) is 20.1. The minimum absolute atomic E-state index is 0.0464. The molecule has 0 aliphatic rings. The lowest BCUT2D eigenvalue weighted by Crippen LogP contribution is -2.12. The van der Waals surface area contributed by atoms with Crippen LogP contribution in [0.4, 0.5) is 13.2 Å². The topological polar surface area (TPSA) is 17.3 Å². The van der Waals surface area contributed by atoms with E-state index in [1.807, 2.05) is 10.5 Å². The van der Waals surface area contributed by atoms with Gasteiger partial charge in [0.25, 0.3) is 0 Å². The second-order valence-electron chi connectivity index (χ2n) is 8.95. The van der Waals surface area contributed by atoms with Crippen LogP contribution in [0.15, 0.2) is 60.8 Å². The lowest BCUT2D eigenvalue weighted by Gasteiger charge is -2.22. The highest BCUT2D eigenvalue weighted by Crippen LogP contribution is 2.37. The fourth-order valence-electron chi connectivity index (χ4n) is 4.18. The minimum atomic E-state index is -4.21. The molecule has 2 heterocycles. The third-order valence-corrected chi connectivity index (χ3v) is 6.59. The number of hydrogen-bond donors (Lipinski definition) is 0. The molecule has 158 valence electrons. The van der Waals surface area contributed by atoms with E-state index in [2.05, 4.69) is 56.1 Å². The van der Waals surface area contributed by atoms with Crippen molar-refractivity contribution in [3.05, 3.63) is 71.9 Å². The molecule has 0 radical (unpaired) electrons. The van der Waals surface area contributed by atoms with Crippen LogP contribution in [-0.2, 0) is 11.8 Å². The normalized spacial score (nSPS) is 13.0. The van der Waals surface area contributed by atoms with Gasteiger partial charge in [-0.25, -0.2) is 4.98 Å². The van der Waals surface area contributed by atoms with Crippen LogP contribution in [0.2, 0.25) is 0 Å². The molecule has 2 aromatic heterocycles. The van der Waals surface area contributed by atoms with Crippen molar-refractivity contribution < 1.29 is 13.2 Å². The van der Waals surface area contributed by atoms with Crippen molar-refractivity contribution in [2.24, 2.45) is 0 Å². The summed E-state index contributed by atoms with van der Waals surface area (Å²) in [6.07, 6.45) is -3.33. The number of aromatic nitrogens is 2. The van der Waals surface area contributed by atoms with E-state index in [1.54, 1.807) is 24.4 Å². The lowest BCUT2D eigenvalue weighted by molar-refractivity contribution is -0.127. The summed E-state index contributed by atoms with van der Waals surface area (Å²) < 4.78 is 41.3. The zero-order chi connectivity index (χ0) is 22.0. The SMILES string of the molecule is CC(C)(C)c1cc(-c2ncc3sc4cc(CC(F)(F)F)ccc4n23)cc2ccccc12. The number of fused-ring (bicyclic) bond motifs is 4. The summed E-state index contributed by atoms with van der Waals surface area (Å²) in [5.74, 6) is 0.807. The smallest absolute Gasteiger partial charge is 0.283 e. The van der Waals surface area contributed by atoms with Gasteiger partial charge < -0.3 is 0 Å². The third-order valence-electron chi connectivity index (χ3n) is 5.54. The van der Waals surface area contributed by atoms with Crippen molar-refractivity contribution in [1.29, 1.82) is 0 Å². The molecule has 0 aliphatic carbocycles. The number of halogens is 3. The van der Waals surface area contributed by atoms with Gasteiger partial charge in [0, 0.05) is 5.56 Å². The lowest BCUT2D eigenvalue weighted by atomic mass is 9.82. The first-order valence-electron chi connectivity index (χ1n) is 10.1. The molecule has 0 amide bonds. The van der Waals surface area contributed by atoms with Gasteiger partial charge >= 0.3 is 6.18 Å². The van der Waals surface area contributed by atoms with Crippen LogP contribution in [0.5, 0.6) is 0 Å². The molecular formula is C25H21F3N2S. The predicted molar refractivity (Wildman–Crippen MR) is 122 cm³/mol. The number of nitrogens with zero attached hydrogens (tertiary/aromatic N) is 2. The van der Waals surface area contributed by atoms with Gasteiger partial charge in [-0.2, -0.15) is 13.2 Å². The Hall–Kier alpha value is -2.86. The van der Waals surface area contributed by atoms with E-state index in [9.17, 15) is 13.2 Å². The van der Waals surface area contributed by atoms with Crippen molar-refractivity contribution in [1.82, 2.24) is 9.38 Å². The van der Waals surface area contributed by atoms with Crippen molar-refractivity contribution in [2.75, 3.05) is 0 Å². The van der Waals surface area contributed by atoms with Crippen LogP contribution in [0.1, 0.15) is 31.9 Å².